The summed E-state index contributed by atoms with van der Waals surface area (Å²) in [6, 6.07) is 10.3. The first-order valence-corrected chi connectivity index (χ1v) is 15.1. The standard InChI is InChI=1S/C27H37ClN4O6S.ClH/c1-36-24-14-21(15-25(37-2)26(24)38-3)29-27(33)30-22-16-32(39(4,34)35)17-23(22)31-11-9-19(10-12-31)13-18-5-7-20(28)8-6-18;/h5-8,14-15,19,22-23H,9-13,16-17H2,1-4H3,(H2,29,30,33);1H/t22-,23-;/m0./s1. The van der Waals surface area contributed by atoms with Crippen molar-refractivity contribution in [2.24, 2.45) is 5.92 Å². The van der Waals surface area contributed by atoms with Crippen LogP contribution in [0.4, 0.5) is 10.5 Å². The van der Waals surface area contributed by atoms with E-state index >= 15 is 0 Å². The maximum absolute atomic E-state index is 13.1. The highest BCUT2D eigenvalue weighted by Crippen LogP contribution is 2.40. The SMILES string of the molecule is COc1cc(NC(=O)N[C@H]2CN(S(C)(=O)=O)C[C@@H]2N2CCC(Cc3ccc(Cl)cc3)CC2)cc(OC)c1OC.Cl. The van der Waals surface area contributed by atoms with Crippen LogP contribution < -0.4 is 24.8 Å². The number of methoxy groups -OCH3 is 3. The minimum atomic E-state index is -3.41. The maximum atomic E-state index is 13.1. The summed E-state index contributed by atoms with van der Waals surface area (Å²) in [7, 11) is 1.11. The summed E-state index contributed by atoms with van der Waals surface area (Å²) in [6.07, 6.45) is 4.20. The molecule has 2 aromatic rings. The number of hydrogen-bond donors (Lipinski definition) is 2. The molecule has 2 fully saturated rings. The van der Waals surface area contributed by atoms with Gasteiger partial charge in [-0.15, -0.1) is 12.4 Å². The number of likely N-dealkylation sites (tertiary alicyclic amines) is 1. The average Bonchev–Trinajstić information content (AvgIpc) is 3.34. The molecule has 0 aromatic heterocycles. The lowest BCUT2D eigenvalue weighted by atomic mass is 9.89. The Morgan fingerprint density at radius 2 is 1.60 bits per heavy atom. The fourth-order valence-corrected chi connectivity index (χ4v) is 6.45. The van der Waals surface area contributed by atoms with Crippen molar-refractivity contribution in [1.29, 1.82) is 0 Å². The number of halogens is 2. The smallest absolute Gasteiger partial charge is 0.319 e. The molecule has 0 spiro atoms. The first kappa shape index (κ1) is 32.1. The normalized spacial score (nSPS) is 20.4. The zero-order valence-corrected chi connectivity index (χ0v) is 25.6. The molecule has 2 aromatic carbocycles. The minimum Gasteiger partial charge on any atom is -0.493 e. The predicted molar refractivity (Wildman–Crippen MR) is 159 cm³/mol. The third kappa shape index (κ3) is 7.85. The summed E-state index contributed by atoms with van der Waals surface area (Å²) in [4.78, 5) is 15.4. The number of carbonyl (C=O) groups is 1. The number of nitrogens with zero attached hydrogens (tertiary/aromatic N) is 2. The van der Waals surface area contributed by atoms with Gasteiger partial charge >= 0.3 is 6.03 Å². The third-order valence-corrected chi connectivity index (χ3v) is 9.01. The molecule has 2 amide bonds. The van der Waals surface area contributed by atoms with Gasteiger partial charge in [0.25, 0.3) is 0 Å². The zero-order chi connectivity index (χ0) is 28.2. The van der Waals surface area contributed by atoms with E-state index in [-0.39, 0.29) is 31.0 Å². The van der Waals surface area contributed by atoms with E-state index in [2.05, 4.69) is 27.7 Å². The quantitative estimate of drug-likeness (QED) is 0.440. The molecule has 0 unspecified atom stereocenters. The van der Waals surface area contributed by atoms with Crippen molar-refractivity contribution >= 4 is 45.7 Å². The van der Waals surface area contributed by atoms with Gasteiger partial charge in [0.2, 0.25) is 15.8 Å². The van der Waals surface area contributed by atoms with Gasteiger partial charge in [-0.3, -0.25) is 4.90 Å². The van der Waals surface area contributed by atoms with Crippen LogP contribution in [-0.4, -0.2) is 89.5 Å². The van der Waals surface area contributed by atoms with Gasteiger partial charge in [0.05, 0.1) is 39.3 Å². The molecular weight excluding hydrogens is 579 g/mol. The Balaban J connectivity index is 0.00000441. The number of anilines is 1. The summed E-state index contributed by atoms with van der Waals surface area (Å²) in [5.41, 5.74) is 1.73. The van der Waals surface area contributed by atoms with Gasteiger partial charge in [-0.2, -0.15) is 4.31 Å². The first-order valence-electron chi connectivity index (χ1n) is 12.9. The molecule has 2 N–H and O–H groups in total. The topological polar surface area (TPSA) is 109 Å². The summed E-state index contributed by atoms with van der Waals surface area (Å²) in [5.74, 6) is 1.79. The summed E-state index contributed by atoms with van der Waals surface area (Å²) >= 11 is 6.02. The van der Waals surface area contributed by atoms with Crippen LogP contribution in [0, 0.1) is 5.92 Å². The first-order chi connectivity index (χ1) is 18.6. The number of urea groups is 1. The Bertz CT molecular complexity index is 1230. The molecule has 2 atom stereocenters. The van der Waals surface area contributed by atoms with Gasteiger partial charge in [-0.25, -0.2) is 13.2 Å². The lowest BCUT2D eigenvalue weighted by molar-refractivity contribution is 0.125. The summed E-state index contributed by atoms with van der Waals surface area (Å²) < 4.78 is 42.3. The second-order valence-electron chi connectivity index (χ2n) is 10.1. The molecule has 4 rings (SSSR count). The summed E-state index contributed by atoms with van der Waals surface area (Å²) in [6.45, 7) is 2.24. The number of amides is 2. The van der Waals surface area contributed by atoms with Gasteiger partial charge in [-0.05, 0) is 56.0 Å². The molecule has 10 nitrogen and oxygen atoms in total. The Morgan fingerprint density at radius 1 is 1.00 bits per heavy atom. The summed E-state index contributed by atoms with van der Waals surface area (Å²) in [5, 5.41) is 6.57. The Kier molecular flexibility index (Phi) is 11.2. The molecule has 222 valence electrons. The van der Waals surface area contributed by atoms with Gasteiger partial charge in [0, 0.05) is 36.3 Å². The van der Waals surface area contributed by atoms with Crippen molar-refractivity contribution in [1.82, 2.24) is 14.5 Å². The van der Waals surface area contributed by atoms with E-state index in [4.69, 9.17) is 25.8 Å². The zero-order valence-electron chi connectivity index (χ0n) is 23.2. The fourth-order valence-electron chi connectivity index (χ4n) is 5.47. The van der Waals surface area contributed by atoms with E-state index in [1.807, 2.05) is 12.1 Å². The molecule has 13 heteroatoms. The van der Waals surface area contributed by atoms with E-state index in [0.717, 1.165) is 37.4 Å². The van der Waals surface area contributed by atoms with Gasteiger partial charge < -0.3 is 24.8 Å². The van der Waals surface area contributed by atoms with Gasteiger partial charge in [0.1, 0.15) is 0 Å². The molecule has 40 heavy (non-hydrogen) atoms. The van der Waals surface area contributed by atoms with Crippen molar-refractivity contribution in [3.8, 4) is 17.2 Å². The highest BCUT2D eigenvalue weighted by Gasteiger charge is 2.42. The molecular formula is C27H38Cl2N4O6S. The number of hydrogen-bond acceptors (Lipinski definition) is 7. The van der Waals surface area contributed by atoms with E-state index in [1.54, 1.807) is 12.1 Å². The van der Waals surface area contributed by atoms with Crippen LogP contribution in [0.2, 0.25) is 5.02 Å². The average molecular weight is 618 g/mol. The number of sulfonamides is 1. The molecule has 0 radical (unpaired) electrons. The third-order valence-electron chi connectivity index (χ3n) is 7.52. The number of nitrogens with one attached hydrogen (secondary N) is 2. The minimum absolute atomic E-state index is 0. The lowest BCUT2D eigenvalue weighted by Crippen LogP contribution is -2.54. The number of ether oxygens (including phenoxy) is 3. The number of benzene rings is 2. The Labute approximate surface area is 247 Å². The van der Waals surface area contributed by atoms with Crippen molar-refractivity contribution in [2.45, 2.75) is 31.3 Å². The number of rotatable bonds is 9. The molecule has 0 saturated carbocycles. The van der Waals surface area contributed by atoms with Gasteiger partial charge in [-0.1, -0.05) is 23.7 Å². The molecule has 2 aliphatic heterocycles. The van der Waals surface area contributed by atoms with Crippen LogP contribution in [0.25, 0.3) is 0 Å². The van der Waals surface area contributed by atoms with E-state index in [9.17, 15) is 13.2 Å². The van der Waals surface area contributed by atoms with Crippen LogP contribution in [0.5, 0.6) is 17.2 Å². The van der Waals surface area contributed by atoms with Crippen LogP contribution in [0.15, 0.2) is 36.4 Å². The van der Waals surface area contributed by atoms with Crippen LogP contribution in [0.1, 0.15) is 18.4 Å². The fraction of sp³-hybridized carbons (Fsp3) is 0.519. The van der Waals surface area contributed by atoms with E-state index < -0.39 is 16.1 Å². The number of carbonyl (C=O) groups excluding carboxylic acids is 1. The highest BCUT2D eigenvalue weighted by molar-refractivity contribution is 7.88. The largest absolute Gasteiger partial charge is 0.493 e. The molecule has 2 saturated heterocycles. The second kappa shape index (κ2) is 14.0. The predicted octanol–water partition coefficient (Wildman–Crippen LogP) is 3.88. The van der Waals surface area contributed by atoms with Crippen LogP contribution >= 0.6 is 24.0 Å². The second-order valence-corrected chi connectivity index (χ2v) is 12.5. The number of piperidine rings is 1. The molecule has 0 aliphatic carbocycles. The van der Waals surface area contributed by atoms with Crippen LogP contribution in [-0.2, 0) is 16.4 Å². The van der Waals surface area contributed by atoms with Crippen molar-refractivity contribution in [3.05, 3.63) is 47.0 Å². The maximum Gasteiger partial charge on any atom is 0.319 e. The van der Waals surface area contributed by atoms with Gasteiger partial charge in [0.15, 0.2) is 11.5 Å². The van der Waals surface area contributed by atoms with E-state index in [0.29, 0.717) is 35.4 Å². The van der Waals surface area contributed by atoms with Crippen molar-refractivity contribution in [2.75, 3.05) is 59.1 Å². The molecule has 0 bridgehead atoms. The van der Waals surface area contributed by atoms with Crippen LogP contribution in [0.3, 0.4) is 0 Å². The van der Waals surface area contributed by atoms with Crippen molar-refractivity contribution in [3.63, 3.8) is 0 Å². The van der Waals surface area contributed by atoms with Crippen molar-refractivity contribution < 1.29 is 27.4 Å². The molecule has 2 aliphatic rings. The monoisotopic (exact) mass is 616 g/mol. The van der Waals surface area contributed by atoms with E-state index in [1.165, 1.54) is 37.5 Å². The lowest BCUT2D eigenvalue weighted by Gasteiger charge is -2.38. The Hall–Kier alpha value is -2.44. The molecule has 2 heterocycles. The Morgan fingerprint density at radius 3 is 2.12 bits per heavy atom. The highest BCUT2D eigenvalue weighted by atomic mass is 35.5.